The van der Waals surface area contributed by atoms with Gasteiger partial charge in [-0.3, -0.25) is 9.69 Å². The summed E-state index contributed by atoms with van der Waals surface area (Å²) in [5, 5.41) is 2.77. The van der Waals surface area contributed by atoms with Gasteiger partial charge in [-0.15, -0.1) is 0 Å². The molecule has 1 unspecified atom stereocenters. The van der Waals surface area contributed by atoms with E-state index in [0.29, 0.717) is 18.0 Å². The second kappa shape index (κ2) is 5.71. The molecule has 1 heterocycles. The van der Waals surface area contributed by atoms with Gasteiger partial charge in [0.15, 0.2) is 0 Å². The van der Waals surface area contributed by atoms with Crippen LogP contribution < -0.4 is 5.32 Å². The minimum atomic E-state index is -1.10. The van der Waals surface area contributed by atoms with Crippen molar-refractivity contribution < 1.29 is 14.0 Å². The summed E-state index contributed by atoms with van der Waals surface area (Å²) in [5.41, 5.74) is -0.488. The second-order valence-corrected chi connectivity index (χ2v) is 6.48. The van der Waals surface area contributed by atoms with E-state index in [1.54, 1.807) is 19.1 Å². The van der Waals surface area contributed by atoms with Crippen LogP contribution in [-0.4, -0.2) is 23.4 Å². The number of amides is 3. The van der Waals surface area contributed by atoms with E-state index in [1.165, 1.54) is 36.3 Å². The Hall–Kier alpha value is -1.91. The van der Waals surface area contributed by atoms with Gasteiger partial charge in [0.2, 0.25) is 0 Å². The molecule has 1 N–H and O–H groups in total. The first-order valence-corrected chi connectivity index (χ1v) is 7.91. The molecule has 1 aliphatic carbocycles. The van der Waals surface area contributed by atoms with E-state index in [2.05, 4.69) is 5.32 Å². The van der Waals surface area contributed by atoms with Gasteiger partial charge in [0.05, 0.1) is 0 Å². The van der Waals surface area contributed by atoms with Gasteiger partial charge in [-0.05, 0) is 43.4 Å². The van der Waals surface area contributed by atoms with Gasteiger partial charge in [-0.2, -0.15) is 0 Å². The van der Waals surface area contributed by atoms with E-state index >= 15 is 0 Å². The molecule has 2 fully saturated rings. The highest BCUT2D eigenvalue weighted by molar-refractivity contribution is 6.07. The second-order valence-electron chi connectivity index (χ2n) is 6.48. The van der Waals surface area contributed by atoms with Crippen molar-refractivity contribution in [2.75, 3.05) is 6.54 Å². The summed E-state index contributed by atoms with van der Waals surface area (Å²) in [7, 11) is 0. The van der Waals surface area contributed by atoms with Gasteiger partial charge in [0.25, 0.3) is 5.91 Å². The van der Waals surface area contributed by atoms with Crippen molar-refractivity contribution >= 4 is 11.9 Å². The summed E-state index contributed by atoms with van der Waals surface area (Å²) in [6.45, 7) is 2.17. The predicted molar refractivity (Wildman–Crippen MR) is 80.6 cm³/mol. The zero-order valence-corrected chi connectivity index (χ0v) is 12.8. The monoisotopic (exact) mass is 304 g/mol. The quantitative estimate of drug-likeness (QED) is 0.872. The highest BCUT2D eigenvalue weighted by Gasteiger charge is 2.49. The highest BCUT2D eigenvalue weighted by Crippen LogP contribution is 2.31. The molecule has 22 heavy (non-hydrogen) atoms. The first kappa shape index (κ1) is 15.0. The number of benzene rings is 1. The van der Waals surface area contributed by atoms with E-state index in [1.807, 2.05) is 0 Å². The summed E-state index contributed by atoms with van der Waals surface area (Å²) in [6.07, 6.45) is 5.73. The molecule has 4 nitrogen and oxygen atoms in total. The molecule has 1 saturated carbocycles. The Kier molecular flexibility index (Phi) is 3.89. The van der Waals surface area contributed by atoms with Crippen molar-refractivity contribution in [1.29, 1.82) is 0 Å². The lowest BCUT2D eigenvalue weighted by Crippen LogP contribution is -2.41. The maximum atomic E-state index is 13.1. The number of hydrogen-bond donors (Lipinski definition) is 1. The molecule has 0 spiro atoms. The number of halogens is 1. The van der Waals surface area contributed by atoms with Crippen LogP contribution in [0.15, 0.2) is 24.3 Å². The number of rotatable bonds is 3. The average molecular weight is 304 g/mol. The number of nitrogens with one attached hydrogen (secondary N) is 1. The lowest BCUT2D eigenvalue weighted by molar-refractivity contribution is -0.131. The molecule has 1 atom stereocenters. The van der Waals surface area contributed by atoms with Crippen molar-refractivity contribution in [2.45, 2.75) is 44.6 Å². The van der Waals surface area contributed by atoms with Crippen LogP contribution in [-0.2, 0) is 10.3 Å². The highest BCUT2D eigenvalue weighted by atomic mass is 19.1. The Bertz CT molecular complexity index is 581. The Labute approximate surface area is 129 Å². The van der Waals surface area contributed by atoms with Crippen molar-refractivity contribution in [3.8, 4) is 0 Å². The third kappa shape index (κ3) is 2.60. The molecule has 1 aliphatic heterocycles. The normalized spacial score (nSPS) is 26.4. The van der Waals surface area contributed by atoms with Gasteiger partial charge in [-0.1, -0.05) is 31.4 Å². The number of urea groups is 1. The molecule has 2 aliphatic rings. The van der Waals surface area contributed by atoms with Crippen LogP contribution in [0.3, 0.4) is 0 Å². The standard InChI is InChI=1S/C17H21FN2O2/c1-17(13-7-9-14(18)10-8-13)15(21)20(16(22)19-17)11-12-5-3-2-4-6-12/h7-10,12H,2-6,11H2,1H3,(H,19,22). The summed E-state index contributed by atoms with van der Waals surface area (Å²) >= 11 is 0. The third-order valence-corrected chi connectivity index (χ3v) is 4.86. The fourth-order valence-corrected chi connectivity index (χ4v) is 3.47. The maximum absolute atomic E-state index is 13.1. The zero-order valence-electron chi connectivity index (χ0n) is 12.8. The number of nitrogens with zero attached hydrogens (tertiary/aromatic N) is 1. The molecular weight excluding hydrogens is 283 g/mol. The minimum absolute atomic E-state index is 0.241. The number of hydrogen-bond acceptors (Lipinski definition) is 2. The SMILES string of the molecule is CC1(c2ccc(F)cc2)NC(=O)N(CC2CCCCC2)C1=O. The Morgan fingerprint density at radius 1 is 1.18 bits per heavy atom. The summed E-state index contributed by atoms with van der Waals surface area (Å²) < 4.78 is 13.1. The fraction of sp³-hybridized carbons (Fsp3) is 0.529. The van der Waals surface area contributed by atoms with Crippen LogP contribution in [0.2, 0.25) is 0 Å². The molecule has 1 aromatic carbocycles. The fourth-order valence-electron chi connectivity index (χ4n) is 3.47. The largest absolute Gasteiger partial charge is 0.325 e. The maximum Gasteiger partial charge on any atom is 0.325 e. The summed E-state index contributed by atoms with van der Waals surface area (Å²) in [4.78, 5) is 26.3. The lowest BCUT2D eigenvalue weighted by atomic mass is 9.88. The lowest BCUT2D eigenvalue weighted by Gasteiger charge is -2.26. The van der Waals surface area contributed by atoms with Crippen molar-refractivity contribution in [1.82, 2.24) is 10.2 Å². The van der Waals surface area contributed by atoms with Gasteiger partial charge in [0.1, 0.15) is 11.4 Å². The van der Waals surface area contributed by atoms with Crippen LogP contribution in [0.1, 0.15) is 44.6 Å². The third-order valence-electron chi connectivity index (χ3n) is 4.86. The number of carbonyl (C=O) groups is 2. The molecule has 1 saturated heterocycles. The van der Waals surface area contributed by atoms with Crippen LogP contribution in [0.25, 0.3) is 0 Å². The van der Waals surface area contributed by atoms with Gasteiger partial charge in [-0.25, -0.2) is 9.18 Å². The molecule has 3 amide bonds. The summed E-state index contributed by atoms with van der Waals surface area (Å²) in [5.74, 6) is -0.197. The number of imide groups is 1. The van der Waals surface area contributed by atoms with E-state index < -0.39 is 5.54 Å². The predicted octanol–water partition coefficient (Wildman–Crippen LogP) is 3.17. The Morgan fingerprint density at radius 2 is 1.82 bits per heavy atom. The van der Waals surface area contributed by atoms with Crippen LogP contribution in [0, 0.1) is 11.7 Å². The van der Waals surface area contributed by atoms with E-state index in [9.17, 15) is 14.0 Å². The summed E-state index contributed by atoms with van der Waals surface area (Å²) in [6, 6.07) is 5.38. The van der Waals surface area contributed by atoms with Crippen molar-refractivity contribution in [3.05, 3.63) is 35.6 Å². The van der Waals surface area contributed by atoms with Gasteiger partial charge >= 0.3 is 6.03 Å². The molecule has 3 rings (SSSR count). The molecule has 5 heteroatoms. The minimum Gasteiger partial charge on any atom is -0.319 e. The Morgan fingerprint density at radius 3 is 2.45 bits per heavy atom. The first-order chi connectivity index (χ1) is 10.5. The first-order valence-electron chi connectivity index (χ1n) is 7.91. The molecule has 1 aromatic rings. The topological polar surface area (TPSA) is 49.4 Å². The van der Waals surface area contributed by atoms with Crippen molar-refractivity contribution in [3.63, 3.8) is 0 Å². The van der Waals surface area contributed by atoms with Gasteiger partial charge in [0, 0.05) is 6.54 Å². The van der Waals surface area contributed by atoms with E-state index in [0.717, 1.165) is 12.8 Å². The average Bonchev–Trinajstić information content (AvgIpc) is 2.73. The molecule has 0 bridgehead atoms. The smallest absolute Gasteiger partial charge is 0.319 e. The number of carbonyl (C=O) groups excluding carboxylic acids is 2. The molecule has 118 valence electrons. The van der Waals surface area contributed by atoms with Crippen LogP contribution >= 0.6 is 0 Å². The molecule has 0 radical (unpaired) electrons. The van der Waals surface area contributed by atoms with E-state index in [4.69, 9.17) is 0 Å². The van der Waals surface area contributed by atoms with Crippen molar-refractivity contribution in [2.24, 2.45) is 5.92 Å². The Balaban J connectivity index is 1.79. The molecular formula is C17H21FN2O2. The van der Waals surface area contributed by atoms with Gasteiger partial charge < -0.3 is 5.32 Å². The molecule has 0 aromatic heterocycles. The van der Waals surface area contributed by atoms with Crippen LogP contribution in [0.4, 0.5) is 9.18 Å². The van der Waals surface area contributed by atoms with E-state index in [-0.39, 0.29) is 17.8 Å². The zero-order chi connectivity index (χ0) is 15.7. The van der Waals surface area contributed by atoms with Crippen LogP contribution in [0.5, 0.6) is 0 Å².